The van der Waals surface area contributed by atoms with Gasteiger partial charge in [0.2, 0.25) is 0 Å². The van der Waals surface area contributed by atoms with Crippen LogP contribution in [0.2, 0.25) is 0 Å². The number of nitrogens with zero attached hydrogens (tertiary/aromatic N) is 2. The van der Waals surface area contributed by atoms with Gasteiger partial charge >= 0.3 is 0 Å². The number of hydrogen-bond acceptors (Lipinski definition) is 3. The van der Waals surface area contributed by atoms with Gasteiger partial charge in [-0.3, -0.25) is 9.78 Å². The lowest BCUT2D eigenvalue weighted by atomic mass is 10.1. The fourth-order valence-corrected chi connectivity index (χ4v) is 3.26. The summed E-state index contributed by atoms with van der Waals surface area (Å²) in [5.41, 5.74) is 3.75. The first kappa shape index (κ1) is 15.8. The van der Waals surface area contributed by atoms with Gasteiger partial charge in [0, 0.05) is 35.0 Å². The largest absolute Gasteiger partial charge is 0.355 e. The molecule has 0 saturated carbocycles. The number of nitrogens with one attached hydrogen (secondary N) is 1. The maximum absolute atomic E-state index is 13.8. The summed E-state index contributed by atoms with van der Waals surface area (Å²) in [7, 11) is 0. The third-order valence-corrected chi connectivity index (χ3v) is 4.68. The molecule has 0 bridgehead atoms. The van der Waals surface area contributed by atoms with E-state index in [2.05, 4.69) is 26.2 Å². The van der Waals surface area contributed by atoms with Crippen molar-refractivity contribution in [3.05, 3.63) is 82.3 Å². The highest BCUT2D eigenvalue weighted by atomic mass is 79.9. The van der Waals surface area contributed by atoms with Crippen LogP contribution in [0, 0.1) is 5.82 Å². The summed E-state index contributed by atoms with van der Waals surface area (Å²) in [6.07, 6.45) is 3.42. The average Bonchev–Trinajstić information content (AvgIpc) is 2.93. The van der Waals surface area contributed by atoms with Gasteiger partial charge in [-0.15, -0.1) is 0 Å². The van der Waals surface area contributed by atoms with Crippen molar-refractivity contribution in [1.82, 2.24) is 4.98 Å². The Kier molecular flexibility index (Phi) is 3.97. The molecule has 25 heavy (non-hydrogen) atoms. The molecule has 4 nitrogen and oxygen atoms in total. The van der Waals surface area contributed by atoms with Crippen LogP contribution in [-0.4, -0.2) is 10.9 Å². The Labute approximate surface area is 152 Å². The van der Waals surface area contributed by atoms with Gasteiger partial charge in [0.05, 0.1) is 11.0 Å². The first-order valence-electron chi connectivity index (χ1n) is 7.69. The molecule has 6 heteroatoms. The summed E-state index contributed by atoms with van der Waals surface area (Å²) in [5.74, 6) is -0.621. The van der Waals surface area contributed by atoms with Gasteiger partial charge < -0.3 is 10.2 Å². The summed E-state index contributed by atoms with van der Waals surface area (Å²) in [4.78, 5) is 18.3. The Balaban J connectivity index is 1.63. The third-order valence-electron chi connectivity index (χ3n) is 4.08. The maximum Gasteiger partial charge on any atom is 0.259 e. The molecule has 4 rings (SSSR count). The molecule has 2 heterocycles. The van der Waals surface area contributed by atoms with E-state index >= 15 is 0 Å². The number of fused-ring (bicyclic) bond motifs is 1. The third kappa shape index (κ3) is 3.00. The smallest absolute Gasteiger partial charge is 0.259 e. The lowest BCUT2D eigenvalue weighted by molar-refractivity contribution is 0.0996. The van der Waals surface area contributed by atoms with E-state index in [4.69, 9.17) is 0 Å². The summed E-state index contributed by atoms with van der Waals surface area (Å²) in [6, 6.07) is 14.3. The van der Waals surface area contributed by atoms with E-state index < -0.39 is 5.82 Å². The van der Waals surface area contributed by atoms with E-state index in [1.165, 1.54) is 6.07 Å². The molecule has 0 atom stereocenters. The van der Waals surface area contributed by atoms with Crippen LogP contribution in [0.25, 0.3) is 0 Å². The predicted molar refractivity (Wildman–Crippen MR) is 98.6 cm³/mol. The van der Waals surface area contributed by atoms with Crippen LogP contribution in [0.15, 0.2) is 65.4 Å². The maximum atomic E-state index is 13.8. The average molecular weight is 398 g/mol. The SMILES string of the molecule is O=C1c2cc(F)c(Br)cc2CN1c1cccc(Nc2ccncc2)c1. The Morgan fingerprint density at radius 3 is 2.68 bits per heavy atom. The minimum absolute atomic E-state index is 0.192. The molecule has 124 valence electrons. The van der Waals surface area contributed by atoms with Gasteiger partial charge in [-0.1, -0.05) is 6.07 Å². The number of amides is 1. The molecular formula is C19H13BrFN3O. The fourth-order valence-electron chi connectivity index (χ4n) is 2.87. The molecule has 0 unspecified atom stereocenters. The molecule has 0 aliphatic carbocycles. The van der Waals surface area contributed by atoms with Crippen molar-refractivity contribution in [3.8, 4) is 0 Å². The van der Waals surface area contributed by atoms with Crippen LogP contribution in [0.5, 0.6) is 0 Å². The molecule has 1 amide bonds. The fraction of sp³-hybridized carbons (Fsp3) is 0.0526. The second-order valence-corrected chi connectivity index (χ2v) is 6.58. The topological polar surface area (TPSA) is 45.2 Å². The molecule has 1 aliphatic rings. The van der Waals surface area contributed by atoms with Gasteiger partial charge in [-0.25, -0.2) is 4.39 Å². The van der Waals surface area contributed by atoms with Crippen LogP contribution in [-0.2, 0) is 6.54 Å². The highest BCUT2D eigenvalue weighted by Gasteiger charge is 2.29. The lowest BCUT2D eigenvalue weighted by Crippen LogP contribution is -2.22. The second-order valence-electron chi connectivity index (χ2n) is 5.73. The Hall–Kier alpha value is -2.73. The first-order valence-corrected chi connectivity index (χ1v) is 8.48. The minimum Gasteiger partial charge on any atom is -0.355 e. The summed E-state index contributed by atoms with van der Waals surface area (Å²) in [6.45, 7) is 0.422. The first-order chi connectivity index (χ1) is 12.1. The van der Waals surface area contributed by atoms with Crippen molar-refractivity contribution in [2.24, 2.45) is 0 Å². The number of carbonyl (C=O) groups excluding carboxylic acids is 1. The Bertz CT molecular complexity index is 962. The number of carbonyl (C=O) groups is 1. The van der Waals surface area contributed by atoms with Gasteiger partial charge in [-0.2, -0.15) is 0 Å². The Morgan fingerprint density at radius 1 is 1.08 bits per heavy atom. The van der Waals surface area contributed by atoms with Crippen molar-refractivity contribution in [2.45, 2.75) is 6.54 Å². The van der Waals surface area contributed by atoms with Gasteiger partial charge in [0.1, 0.15) is 5.82 Å². The van der Waals surface area contributed by atoms with E-state index in [-0.39, 0.29) is 5.91 Å². The number of hydrogen-bond donors (Lipinski definition) is 1. The molecule has 1 aromatic heterocycles. The van der Waals surface area contributed by atoms with Gasteiger partial charge in [0.15, 0.2) is 0 Å². The molecule has 3 aromatic rings. The van der Waals surface area contributed by atoms with Gasteiger partial charge in [-0.05, 0) is 64.0 Å². The number of aromatic nitrogens is 1. The van der Waals surface area contributed by atoms with E-state index in [0.717, 1.165) is 22.6 Å². The van der Waals surface area contributed by atoms with Crippen molar-refractivity contribution in [2.75, 3.05) is 10.2 Å². The zero-order valence-electron chi connectivity index (χ0n) is 13.0. The van der Waals surface area contributed by atoms with E-state index in [1.54, 1.807) is 23.4 Å². The van der Waals surface area contributed by atoms with Gasteiger partial charge in [0.25, 0.3) is 5.91 Å². The summed E-state index contributed by atoms with van der Waals surface area (Å²) >= 11 is 3.17. The highest BCUT2D eigenvalue weighted by molar-refractivity contribution is 9.10. The van der Waals surface area contributed by atoms with E-state index in [0.29, 0.717) is 16.6 Å². The van der Waals surface area contributed by atoms with Crippen LogP contribution >= 0.6 is 15.9 Å². The Morgan fingerprint density at radius 2 is 1.88 bits per heavy atom. The highest BCUT2D eigenvalue weighted by Crippen LogP contribution is 2.33. The van der Waals surface area contributed by atoms with Crippen LogP contribution in [0.4, 0.5) is 21.5 Å². The van der Waals surface area contributed by atoms with E-state index in [1.807, 2.05) is 36.4 Å². The molecule has 2 aromatic carbocycles. The molecule has 0 saturated heterocycles. The monoisotopic (exact) mass is 397 g/mol. The normalized spacial score (nSPS) is 13.0. The second kappa shape index (κ2) is 6.29. The van der Waals surface area contributed by atoms with Crippen molar-refractivity contribution < 1.29 is 9.18 Å². The van der Waals surface area contributed by atoms with Crippen LogP contribution in [0.1, 0.15) is 15.9 Å². The molecular weight excluding hydrogens is 385 g/mol. The molecule has 0 radical (unpaired) electrons. The predicted octanol–water partition coefficient (Wildman–Crippen LogP) is 4.89. The molecule has 0 spiro atoms. The lowest BCUT2D eigenvalue weighted by Gasteiger charge is -2.17. The number of anilines is 3. The number of benzene rings is 2. The minimum atomic E-state index is -0.429. The summed E-state index contributed by atoms with van der Waals surface area (Å²) in [5, 5.41) is 3.28. The number of halogens is 2. The summed E-state index contributed by atoms with van der Waals surface area (Å²) < 4.78 is 14.1. The van der Waals surface area contributed by atoms with Crippen molar-refractivity contribution >= 4 is 38.9 Å². The zero-order valence-corrected chi connectivity index (χ0v) is 14.6. The van der Waals surface area contributed by atoms with Crippen LogP contribution < -0.4 is 10.2 Å². The standard InChI is InChI=1S/C19H13BrFN3O/c20-17-8-12-11-24(19(25)16(12)10-18(17)21)15-3-1-2-14(9-15)23-13-4-6-22-7-5-13/h1-10H,11H2,(H,22,23). The molecule has 1 aliphatic heterocycles. The van der Waals surface area contributed by atoms with Crippen molar-refractivity contribution in [3.63, 3.8) is 0 Å². The molecule has 0 fully saturated rings. The van der Waals surface area contributed by atoms with Crippen LogP contribution in [0.3, 0.4) is 0 Å². The quantitative estimate of drug-likeness (QED) is 0.684. The molecule has 1 N–H and O–H groups in total. The van der Waals surface area contributed by atoms with E-state index in [9.17, 15) is 9.18 Å². The van der Waals surface area contributed by atoms with Crippen molar-refractivity contribution in [1.29, 1.82) is 0 Å². The number of rotatable bonds is 3. The zero-order chi connectivity index (χ0) is 17.4. The number of pyridine rings is 1.